The van der Waals surface area contributed by atoms with E-state index in [0.29, 0.717) is 30.6 Å². The van der Waals surface area contributed by atoms with Crippen LogP contribution in [0.5, 0.6) is 5.75 Å². The number of sulfonamides is 1. The van der Waals surface area contributed by atoms with Gasteiger partial charge in [-0.1, -0.05) is 48.5 Å². The van der Waals surface area contributed by atoms with Gasteiger partial charge in [0.15, 0.2) is 5.75 Å². The SMILES string of the molecule is CCNc1cc(C(=O)N[C@@H](Cc2ccccc2)[C@H](O)CNCc2cccc(C(F)(F)F)c2)c(OC)c(N2CCCCS2(=O)=O)c1. The normalized spacial score (nSPS) is 16.1. The van der Waals surface area contributed by atoms with Crippen molar-refractivity contribution >= 4 is 27.3 Å². The first-order valence-corrected chi connectivity index (χ1v) is 16.4. The molecule has 1 heterocycles. The first-order chi connectivity index (χ1) is 21.4. The summed E-state index contributed by atoms with van der Waals surface area (Å²) in [6.07, 6.45) is -4.15. The minimum Gasteiger partial charge on any atom is -0.494 e. The van der Waals surface area contributed by atoms with Gasteiger partial charge in [-0.25, -0.2) is 8.42 Å². The smallest absolute Gasteiger partial charge is 0.416 e. The van der Waals surface area contributed by atoms with Crippen molar-refractivity contribution in [3.63, 3.8) is 0 Å². The summed E-state index contributed by atoms with van der Waals surface area (Å²) in [6, 6.07) is 16.6. The second kappa shape index (κ2) is 15.0. The summed E-state index contributed by atoms with van der Waals surface area (Å²) in [5.74, 6) is -0.502. The monoisotopic (exact) mass is 648 g/mol. The van der Waals surface area contributed by atoms with Crippen molar-refractivity contribution in [2.24, 2.45) is 0 Å². The summed E-state index contributed by atoms with van der Waals surface area (Å²) < 4.78 is 72.3. The fourth-order valence-electron chi connectivity index (χ4n) is 5.31. The number of rotatable bonds is 13. The Hall–Kier alpha value is -3.81. The average molecular weight is 649 g/mol. The number of hydrogen-bond acceptors (Lipinski definition) is 7. The Labute approximate surface area is 261 Å². The van der Waals surface area contributed by atoms with Gasteiger partial charge in [0, 0.05) is 31.9 Å². The third-order valence-electron chi connectivity index (χ3n) is 7.53. The fraction of sp³-hybridized carbons (Fsp3) is 0.406. The highest BCUT2D eigenvalue weighted by atomic mass is 32.2. The van der Waals surface area contributed by atoms with E-state index in [1.807, 2.05) is 37.3 Å². The molecule has 13 heteroatoms. The van der Waals surface area contributed by atoms with Gasteiger partial charge in [0.25, 0.3) is 5.91 Å². The molecule has 1 amide bonds. The molecule has 9 nitrogen and oxygen atoms in total. The Morgan fingerprint density at radius 2 is 1.78 bits per heavy atom. The topological polar surface area (TPSA) is 120 Å². The van der Waals surface area contributed by atoms with Crippen LogP contribution in [0, 0.1) is 0 Å². The second-order valence-electron chi connectivity index (χ2n) is 10.9. The number of ether oxygens (including phenoxy) is 1. The van der Waals surface area contributed by atoms with E-state index in [1.54, 1.807) is 18.2 Å². The number of carbonyl (C=O) groups is 1. The van der Waals surface area contributed by atoms with Gasteiger partial charge >= 0.3 is 6.18 Å². The maximum absolute atomic E-state index is 13.9. The molecule has 0 bridgehead atoms. The predicted molar refractivity (Wildman–Crippen MR) is 168 cm³/mol. The molecule has 0 unspecified atom stereocenters. The van der Waals surface area contributed by atoms with E-state index in [2.05, 4.69) is 16.0 Å². The summed E-state index contributed by atoms with van der Waals surface area (Å²) in [4.78, 5) is 13.9. The third kappa shape index (κ3) is 8.89. The zero-order chi connectivity index (χ0) is 32.6. The van der Waals surface area contributed by atoms with E-state index in [0.717, 1.165) is 17.7 Å². The molecule has 4 N–H and O–H groups in total. The number of benzene rings is 3. The van der Waals surface area contributed by atoms with Gasteiger partial charge in [-0.3, -0.25) is 9.10 Å². The summed E-state index contributed by atoms with van der Waals surface area (Å²) in [6.45, 7) is 2.69. The van der Waals surface area contributed by atoms with Crippen molar-refractivity contribution in [2.75, 3.05) is 42.1 Å². The number of halogens is 3. The van der Waals surface area contributed by atoms with Gasteiger partial charge in [0.1, 0.15) is 0 Å². The van der Waals surface area contributed by atoms with Crippen molar-refractivity contribution in [1.82, 2.24) is 10.6 Å². The van der Waals surface area contributed by atoms with Crippen molar-refractivity contribution in [1.29, 1.82) is 0 Å². The van der Waals surface area contributed by atoms with Gasteiger partial charge in [-0.05, 0) is 55.5 Å². The van der Waals surface area contributed by atoms with Gasteiger partial charge < -0.3 is 25.8 Å². The Bertz CT molecular complexity index is 1550. The standard InChI is InChI=1S/C32H39F3N4O5S/c1-3-37-25-18-26(30(44-2)28(19-25)39-14-7-8-15-45(39,42)43)31(41)38-27(17-22-10-5-4-6-11-22)29(40)21-36-20-23-12-9-13-24(16-23)32(33,34)35/h4-6,9-13,16,18-19,27,29,36-37,40H,3,7-8,14-15,17,20-21H2,1-2H3,(H,38,41)/t27-,29+/m0/s1. The van der Waals surface area contributed by atoms with Crippen LogP contribution in [0.4, 0.5) is 24.5 Å². The predicted octanol–water partition coefficient (Wildman–Crippen LogP) is 4.57. The molecule has 0 aromatic heterocycles. The Kier molecular flexibility index (Phi) is 11.3. The molecule has 0 spiro atoms. The van der Waals surface area contributed by atoms with Gasteiger partial charge in [0.05, 0.1) is 41.8 Å². The fourth-order valence-corrected chi connectivity index (χ4v) is 6.94. The van der Waals surface area contributed by atoms with Crippen LogP contribution in [-0.2, 0) is 29.2 Å². The number of anilines is 2. The molecule has 1 aliphatic heterocycles. The van der Waals surface area contributed by atoms with E-state index in [9.17, 15) is 31.5 Å². The molecule has 3 aromatic rings. The lowest BCUT2D eigenvalue weighted by Gasteiger charge is -2.31. The van der Waals surface area contributed by atoms with Crippen LogP contribution in [-0.4, -0.2) is 64.1 Å². The van der Waals surface area contributed by atoms with Crippen molar-refractivity contribution in [2.45, 2.75) is 51.1 Å². The number of nitrogens with zero attached hydrogens (tertiary/aromatic N) is 1. The largest absolute Gasteiger partial charge is 0.494 e. The van der Waals surface area contributed by atoms with Crippen LogP contribution in [0.25, 0.3) is 0 Å². The molecule has 2 atom stereocenters. The van der Waals surface area contributed by atoms with Crippen LogP contribution in [0.3, 0.4) is 0 Å². The number of aliphatic hydroxyl groups excluding tert-OH is 1. The third-order valence-corrected chi connectivity index (χ3v) is 9.39. The van der Waals surface area contributed by atoms with Crippen molar-refractivity contribution in [3.8, 4) is 5.75 Å². The van der Waals surface area contributed by atoms with E-state index in [1.165, 1.54) is 17.5 Å². The second-order valence-corrected chi connectivity index (χ2v) is 12.9. The molecule has 0 aliphatic carbocycles. The molecule has 1 saturated heterocycles. The number of aliphatic hydroxyl groups is 1. The number of amides is 1. The molecular weight excluding hydrogens is 609 g/mol. The minimum atomic E-state index is -4.47. The van der Waals surface area contributed by atoms with Gasteiger partial charge in [-0.2, -0.15) is 13.2 Å². The summed E-state index contributed by atoms with van der Waals surface area (Å²) in [5.41, 5.74) is 1.35. The van der Waals surface area contributed by atoms with E-state index in [-0.39, 0.29) is 48.8 Å². The first-order valence-electron chi connectivity index (χ1n) is 14.8. The Morgan fingerprint density at radius 3 is 2.44 bits per heavy atom. The van der Waals surface area contributed by atoms with Crippen LogP contribution in [0.2, 0.25) is 0 Å². The van der Waals surface area contributed by atoms with E-state index >= 15 is 0 Å². The number of hydrogen-bond donors (Lipinski definition) is 4. The molecule has 3 aromatic carbocycles. The highest BCUT2D eigenvalue weighted by Gasteiger charge is 2.33. The molecule has 4 rings (SSSR count). The lowest BCUT2D eigenvalue weighted by Crippen LogP contribution is -2.48. The van der Waals surface area contributed by atoms with Crippen LogP contribution < -0.4 is 25.0 Å². The van der Waals surface area contributed by atoms with Crippen LogP contribution in [0.1, 0.15) is 46.8 Å². The Balaban J connectivity index is 1.59. The number of carbonyl (C=O) groups excluding carboxylic acids is 1. The number of alkyl halides is 3. The molecule has 1 aliphatic rings. The summed E-state index contributed by atoms with van der Waals surface area (Å²) in [7, 11) is -2.25. The first kappa shape index (κ1) is 34.1. The lowest BCUT2D eigenvalue weighted by atomic mass is 10.00. The van der Waals surface area contributed by atoms with Crippen molar-refractivity contribution < 1.29 is 36.2 Å². The number of methoxy groups -OCH3 is 1. The molecule has 244 valence electrons. The zero-order valence-electron chi connectivity index (χ0n) is 25.2. The summed E-state index contributed by atoms with van der Waals surface area (Å²) in [5, 5.41) is 20.3. The average Bonchev–Trinajstić information content (AvgIpc) is 3.00. The minimum absolute atomic E-state index is 0.0119. The number of nitrogens with one attached hydrogen (secondary N) is 3. The highest BCUT2D eigenvalue weighted by molar-refractivity contribution is 7.92. The zero-order valence-corrected chi connectivity index (χ0v) is 26.0. The maximum atomic E-state index is 13.9. The van der Waals surface area contributed by atoms with Crippen molar-refractivity contribution in [3.05, 3.63) is 89.0 Å². The highest BCUT2D eigenvalue weighted by Crippen LogP contribution is 2.38. The van der Waals surface area contributed by atoms with Crippen LogP contribution >= 0.6 is 0 Å². The molecular formula is C32H39F3N4O5S. The molecule has 45 heavy (non-hydrogen) atoms. The van der Waals surface area contributed by atoms with E-state index < -0.39 is 39.8 Å². The van der Waals surface area contributed by atoms with Gasteiger partial charge in [-0.15, -0.1) is 0 Å². The Morgan fingerprint density at radius 1 is 1.04 bits per heavy atom. The quantitative estimate of drug-likeness (QED) is 0.215. The van der Waals surface area contributed by atoms with E-state index in [4.69, 9.17) is 4.74 Å². The molecule has 0 saturated carbocycles. The van der Waals surface area contributed by atoms with Crippen LogP contribution in [0.15, 0.2) is 66.7 Å². The van der Waals surface area contributed by atoms with Gasteiger partial charge in [0.2, 0.25) is 10.0 Å². The molecule has 1 fully saturated rings. The summed E-state index contributed by atoms with van der Waals surface area (Å²) >= 11 is 0. The lowest BCUT2D eigenvalue weighted by molar-refractivity contribution is -0.137. The molecule has 0 radical (unpaired) electrons. The maximum Gasteiger partial charge on any atom is 0.416 e.